The molecule has 0 atom stereocenters. The van der Waals surface area contributed by atoms with Crippen molar-refractivity contribution in [2.24, 2.45) is 5.10 Å². The Kier molecular flexibility index (Phi) is 5.92. The summed E-state index contributed by atoms with van der Waals surface area (Å²) in [5, 5.41) is 6.34. The number of hydrogen-bond acceptors (Lipinski definition) is 5. The van der Waals surface area contributed by atoms with Crippen LogP contribution in [0.4, 0.5) is 5.13 Å². The summed E-state index contributed by atoms with van der Waals surface area (Å²) in [6, 6.07) is 20.8. The number of halogens is 1. The number of methoxy groups -OCH3 is 1. The summed E-state index contributed by atoms with van der Waals surface area (Å²) in [6.45, 7) is 2.03. The van der Waals surface area contributed by atoms with Crippen LogP contribution in [0.5, 0.6) is 5.75 Å². The van der Waals surface area contributed by atoms with Gasteiger partial charge in [-0.2, -0.15) is 10.1 Å². The lowest BCUT2D eigenvalue weighted by Gasteiger charge is -2.14. The second-order valence-electron chi connectivity index (χ2n) is 6.61. The number of rotatable bonds is 5. The Bertz CT molecular complexity index is 1220. The molecule has 1 aromatic heterocycles. The molecular weight excluding hydrogens is 462 g/mol. The normalized spacial score (nSPS) is 11.2. The van der Waals surface area contributed by atoms with Gasteiger partial charge in [0.15, 0.2) is 0 Å². The molecule has 0 aliphatic rings. The maximum absolute atomic E-state index is 13.3. The number of fused-ring (bicyclic) bond motifs is 1. The maximum atomic E-state index is 13.3. The van der Waals surface area contributed by atoms with E-state index < -0.39 is 0 Å². The Hall–Kier alpha value is -3.03. The van der Waals surface area contributed by atoms with Crippen LogP contribution in [0.1, 0.15) is 21.5 Å². The average molecular weight is 480 g/mol. The third kappa shape index (κ3) is 4.42. The van der Waals surface area contributed by atoms with Crippen LogP contribution in [0, 0.1) is 6.92 Å². The van der Waals surface area contributed by atoms with E-state index in [-0.39, 0.29) is 5.91 Å². The van der Waals surface area contributed by atoms with Crippen molar-refractivity contribution in [3.05, 3.63) is 87.9 Å². The SMILES string of the molecule is COc1ccc2nc(N(/N=C/c3ccc(C)cc3)C(=O)c3ccc(Br)cc3)sc2c1. The lowest BCUT2D eigenvalue weighted by molar-refractivity contribution is 0.0988. The second kappa shape index (κ2) is 8.77. The summed E-state index contributed by atoms with van der Waals surface area (Å²) in [6.07, 6.45) is 1.67. The van der Waals surface area contributed by atoms with Crippen LogP contribution < -0.4 is 9.75 Å². The highest BCUT2D eigenvalue weighted by Gasteiger charge is 2.21. The molecule has 0 aliphatic heterocycles. The fourth-order valence-electron chi connectivity index (χ4n) is 2.79. The number of amides is 1. The Morgan fingerprint density at radius 1 is 1.10 bits per heavy atom. The largest absolute Gasteiger partial charge is 0.497 e. The van der Waals surface area contributed by atoms with Crippen molar-refractivity contribution in [1.82, 2.24) is 4.98 Å². The number of aryl methyl sites for hydroxylation is 1. The van der Waals surface area contributed by atoms with Crippen molar-refractivity contribution in [2.75, 3.05) is 12.1 Å². The van der Waals surface area contributed by atoms with Crippen LogP contribution in [0.25, 0.3) is 10.2 Å². The Morgan fingerprint density at radius 2 is 1.83 bits per heavy atom. The number of thiazole rings is 1. The number of ether oxygens (including phenoxy) is 1. The standard InChI is InChI=1S/C23H18BrN3O2S/c1-15-3-5-16(6-4-15)14-25-27(22(28)17-7-9-18(24)10-8-17)23-26-20-12-11-19(29-2)13-21(20)30-23/h3-14H,1-2H3/b25-14+. The minimum absolute atomic E-state index is 0.253. The van der Waals surface area contributed by atoms with Crippen LogP contribution >= 0.6 is 27.3 Å². The predicted octanol–water partition coefficient (Wildman–Crippen LogP) is 6.06. The maximum Gasteiger partial charge on any atom is 0.280 e. The van der Waals surface area contributed by atoms with Gasteiger partial charge in [0, 0.05) is 10.0 Å². The van der Waals surface area contributed by atoms with E-state index in [0.717, 1.165) is 31.6 Å². The summed E-state index contributed by atoms with van der Waals surface area (Å²) in [5.41, 5.74) is 3.37. The first-order chi connectivity index (χ1) is 14.5. The van der Waals surface area contributed by atoms with E-state index in [2.05, 4.69) is 26.0 Å². The van der Waals surface area contributed by atoms with E-state index in [0.29, 0.717) is 10.7 Å². The molecule has 4 rings (SSSR count). The van der Waals surface area contributed by atoms with Gasteiger partial charge in [-0.1, -0.05) is 57.1 Å². The lowest BCUT2D eigenvalue weighted by atomic mass is 10.2. The van der Waals surface area contributed by atoms with Crippen LogP contribution in [-0.4, -0.2) is 24.2 Å². The van der Waals surface area contributed by atoms with E-state index in [1.54, 1.807) is 25.5 Å². The van der Waals surface area contributed by atoms with Gasteiger partial charge in [-0.3, -0.25) is 4.79 Å². The minimum atomic E-state index is -0.253. The van der Waals surface area contributed by atoms with Gasteiger partial charge in [0.2, 0.25) is 5.13 Å². The van der Waals surface area contributed by atoms with Crippen molar-refractivity contribution in [3.63, 3.8) is 0 Å². The molecule has 0 N–H and O–H groups in total. The summed E-state index contributed by atoms with van der Waals surface area (Å²) in [5.74, 6) is 0.489. The fraction of sp³-hybridized carbons (Fsp3) is 0.0870. The van der Waals surface area contributed by atoms with Gasteiger partial charge in [-0.25, -0.2) is 4.98 Å². The molecule has 0 fully saturated rings. The summed E-state index contributed by atoms with van der Waals surface area (Å²) < 4.78 is 7.12. The average Bonchev–Trinajstić information content (AvgIpc) is 3.18. The molecule has 5 nitrogen and oxygen atoms in total. The van der Waals surface area contributed by atoms with E-state index in [9.17, 15) is 4.79 Å². The molecule has 1 amide bonds. The number of benzene rings is 3. The molecule has 30 heavy (non-hydrogen) atoms. The Labute approximate surface area is 186 Å². The molecule has 4 aromatic rings. The molecule has 0 saturated heterocycles. The molecule has 0 bridgehead atoms. The molecule has 150 valence electrons. The molecular formula is C23H18BrN3O2S. The Morgan fingerprint density at radius 3 is 2.53 bits per heavy atom. The van der Waals surface area contributed by atoms with Crippen molar-refractivity contribution >= 4 is 54.7 Å². The first kappa shape index (κ1) is 20.3. The highest BCUT2D eigenvalue weighted by Crippen LogP contribution is 2.32. The summed E-state index contributed by atoms with van der Waals surface area (Å²) in [4.78, 5) is 17.9. The van der Waals surface area contributed by atoms with E-state index >= 15 is 0 Å². The number of aromatic nitrogens is 1. The van der Waals surface area contributed by atoms with Crippen LogP contribution in [0.15, 0.2) is 76.3 Å². The highest BCUT2D eigenvalue weighted by molar-refractivity contribution is 9.10. The third-order valence-corrected chi connectivity index (χ3v) is 5.97. The molecule has 0 spiro atoms. The Balaban J connectivity index is 1.75. The third-order valence-electron chi connectivity index (χ3n) is 4.45. The number of anilines is 1. The predicted molar refractivity (Wildman–Crippen MR) is 126 cm³/mol. The lowest BCUT2D eigenvalue weighted by Crippen LogP contribution is -2.25. The monoisotopic (exact) mass is 479 g/mol. The van der Waals surface area contributed by atoms with Gasteiger partial charge < -0.3 is 4.74 Å². The second-order valence-corrected chi connectivity index (χ2v) is 8.53. The number of hydrazone groups is 1. The van der Waals surface area contributed by atoms with E-state index in [4.69, 9.17) is 4.74 Å². The molecule has 3 aromatic carbocycles. The van der Waals surface area contributed by atoms with Crippen LogP contribution in [0.3, 0.4) is 0 Å². The molecule has 0 saturated carbocycles. The molecule has 0 aliphatic carbocycles. The van der Waals surface area contributed by atoms with Crippen LogP contribution in [-0.2, 0) is 0 Å². The molecule has 7 heteroatoms. The van der Waals surface area contributed by atoms with Gasteiger partial charge >= 0.3 is 0 Å². The highest BCUT2D eigenvalue weighted by atomic mass is 79.9. The molecule has 0 unspecified atom stereocenters. The number of carbonyl (C=O) groups is 1. The van der Waals surface area contributed by atoms with Gasteiger partial charge in [-0.15, -0.1) is 0 Å². The van der Waals surface area contributed by atoms with Crippen molar-refractivity contribution < 1.29 is 9.53 Å². The molecule has 0 radical (unpaired) electrons. The first-order valence-corrected chi connectivity index (χ1v) is 10.8. The zero-order chi connectivity index (χ0) is 21.1. The van der Waals surface area contributed by atoms with Crippen LogP contribution in [0.2, 0.25) is 0 Å². The van der Waals surface area contributed by atoms with Gasteiger partial charge in [0.1, 0.15) is 5.75 Å². The van der Waals surface area contributed by atoms with Gasteiger partial charge in [-0.05, 0) is 55.0 Å². The van der Waals surface area contributed by atoms with Gasteiger partial charge in [0.25, 0.3) is 5.91 Å². The number of nitrogens with zero attached hydrogens (tertiary/aromatic N) is 3. The zero-order valence-electron chi connectivity index (χ0n) is 16.4. The summed E-state index contributed by atoms with van der Waals surface area (Å²) >= 11 is 4.79. The van der Waals surface area contributed by atoms with Crippen molar-refractivity contribution in [2.45, 2.75) is 6.92 Å². The smallest absolute Gasteiger partial charge is 0.280 e. The number of hydrogen-bond donors (Lipinski definition) is 0. The molecule has 1 heterocycles. The fourth-order valence-corrected chi connectivity index (χ4v) is 4.01. The van der Waals surface area contributed by atoms with Gasteiger partial charge in [0.05, 0.1) is 23.5 Å². The first-order valence-electron chi connectivity index (χ1n) is 9.19. The summed E-state index contributed by atoms with van der Waals surface area (Å²) in [7, 11) is 1.62. The van der Waals surface area contributed by atoms with E-state index in [1.807, 2.05) is 61.5 Å². The number of carbonyl (C=O) groups excluding carboxylic acids is 1. The van der Waals surface area contributed by atoms with Crippen molar-refractivity contribution in [1.29, 1.82) is 0 Å². The van der Waals surface area contributed by atoms with Crippen molar-refractivity contribution in [3.8, 4) is 5.75 Å². The topological polar surface area (TPSA) is 54.8 Å². The quantitative estimate of drug-likeness (QED) is 0.258. The zero-order valence-corrected chi connectivity index (χ0v) is 18.8. The van der Waals surface area contributed by atoms with E-state index in [1.165, 1.54) is 16.3 Å². The minimum Gasteiger partial charge on any atom is -0.497 e.